The summed E-state index contributed by atoms with van der Waals surface area (Å²) < 4.78 is 0. The number of nitrogens with zero attached hydrogens (tertiary/aromatic N) is 4. The minimum absolute atomic E-state index is 0.0769. The van der Waals surface area contributed by atoms with Crippen LogP contribution >= 0.6 is 0 Å². The highest BCUT2D eigenvalue weighted by atomic mass is 16.2. The molecule has 1 fully saturated rings. The zero-order chi connectivity index (χ0) is 13.9. The number of H-pyrrole nitrogens is 1. The Balaban J connectivity index is 1.65. The molecule has 0 atom stereocenters. The Morgan fingerprint density at radius 2 is 1.95 bits per heavy atom. The van der Waals surface area contributed by atoms with Crippen LogP contribution in [-0.2, 0) is 0 Å². The van der Waals surface area contributed by atoms with E-state index in [4.69, 9.17) is 0 Å². The standard InChI is InChI=1S/C14H17N5O/c1-11-4-2-3-5-12(11)18-6-8-19(9-7-18)14(20)13-15-10-16-17-13/h2-5,10H,6-9H2,1H3,(H,15,16,17). The quantitative estimate of drug-likeness (QED) is 0.887. The van der Waals surface area contributed by atoms with E-state index in [9.17, 15) is 4.79 Å². The SMILES string of the molecule is Cc1ccccc1N1CCN(C(=O)c2ncn[nH]2)CC1. The molecule has 1 aliphatic rings. The van der Waals surface area contributed by atoms with Crippen molar-refractivity contribution in [3.05, 3.63) is 42.0 Å². The van der Waals surface area contributed by atoms with Crippen LogP contribution in [0.25, 0.3) is 0 Å². The first kappa shape index (κ1) is 12.7. The van der Waals surface area contributed by atoms with Crippen LogP contribution in [0, 0.1) is 6.92 Å². The van der Waals surface area contributed by atoms with Crippen molar-refractivity contribution in [2.24, 2.45) is 0 Å². The zero-order valence-corrected chi connectivity index (χ0v) is 11.4. The Morgan fingerprint density at radius 3 is 2.60 bits per heavy atom. The largest absolute Gasteiger partial charge is 0.368 e. The number of aryl methyl sites for hydroxylation is 1. The zero-order valence-electron chi connectivity index (χ0n) is 11.4. The first-order chi connectivity index (χ1) is 9.75. The molecular formula is C14H17N5O. The predicted octanol–water partition coefficient (Wildman–Crippen LogP) is 1.08. The molecule has 0 spiro atoms. The van der Waals surface area contributed by atoms with Gasteiger partial charge in [-0.05, 0) is 18.6 Å². The number of para-hydroxylation sites is 1. The average Bonchev–Trinajstić information content (AvgIpc) is 3.01. The molecule has 0 radical (unpaired) electrons. The Kier molecular flexibility index (Phi) is 3.37. The molecule has 1 aliphatic heterocycles. The van der Waals surface area contributed by atoms with Gasteiger partial charge in [-0.2, -0.15) is 5.10 Å². The van der Waals surface area contributed by atoms with Crippen LogP contribution in [0.1, 0.15) is 16.2 Å². The summed E-state index contributed by atoms with van der Waals surface area (Å²) in [5.74, 6) is 0.237. The molecule has 20 heavy (non-hydrogen) atoms. The van der Waals surface area contributed by atoms with Crippen molar-refractivity contribution in [3.63, 3.8) is 0 Å². The number of anilines is 1. The van der Waals surface area contributed by atoms with Crippen LogP contribution in [-0.4, -0.2) is 52.2 Å². The van der Waals surface area contributed by atoms with Gasteiger partial charge in [0.1, 0.15) is 6.33 Å². The monoisotopic (exact) mass is 271 g/mol. The lowest BCUT2D eigenvalue weighted by Gasteiger charge is -2.36. The van der Waals surface area contributed by atoms with Crippen molar-refractivity contribution in [1.82, 2.24) is 20.1 Å². The van der Waals surface area contributed by atoms with Crippen LogP contribution < -0.4 is 4.90 Å². The second-order valence-corrected chi connectivity index (χ2v) is 4.90. The van der Waals surface area contributed by atoms with Gasteiger partial charge in [-0.15, -0.1) is 0 Å². The van der Waals surface area contributed by atoms with Crippen molar-refractivity contribution in [1.29, 1.82) is 0 Å². The van der Waals surface area contributed by atoms with Gasteiger partial charge in [0.2, 0.25) is 5.82 Å². The van der Waals surface area contributed by atoms with Crippen molar-refractivity contribution >= 4 is 11.6 Å². The minimum Gasteiger partial charge on any atom is -0.368 e. The van der Waals surface area contributed by atoms with Gasteiger partial charge >= 0.3 is 0 Å². The summed E-state index contributed by atoms with van der Waals surface area (Å²) in [6.07, 6.45) is 1.36. The summed E-state index contributed by atoms with van der Waals surface area (Å²) >= 11 is 0. The number of hydrogen-bond donors (Lipinski definition) is 1. The number of carbonyl (C=O) groups excluding carboxylic acids is 1. The van der Waals surface area contributed by atoms with E-state index in [2.05, 4.69) is 39.1 Å². The molecule has 0 aliphatic carbocycles. The molecule has 1 N–H and O–H groups in total. The normalized spacial score (nSPS) is 15.4. The molecule has 1 aromatic carbocycles. The van der Waals surface area contributed by atoms with E-state index in [1.54, 1.807) is 0 Å². The summed E-state index contributed by atoms with van der Waals surface area (Å²) in [6, 6.07) is 8.33. The number of benzene rings is 1. The fourth-order valence-electron chi connectivity index (χ4n) is 2.53. The number of nitrogens with one attached hydrogen (secondary N) is 1. The third-order valence-corrected chi connectivity index (χ3v) is 3.64. The van der Waals surface area contributed by atoms with E-state index in [0.717, 1.165) is 13.1 Å². The molecule has 6 nitrogen and oxygen atoms in total. The van der Waals surface area contributed by atoms with Gasteiger partial charge in [-0.1, -0.05) is 18.2 Å². The van der Waals surface area contributed by atoms with Crippen molar-refractivity contribution in [2.45, 2.75) is 6.92 Å². The maximum absolute atomic E-state index is 12.1. The van der Waals surface area contributed by atoms with Gasteiger partial charge in [0.25, 0.3) is 5.91 Å². The molecule has 1 amide bonds. The highest BCUT2D eigenvalue weighted by Crippen LogP contribution is 2.21. The molecule has 0 bridgehead atoms. The number of rotatable bonds is 2. The number of aromatic nitrogens is 3. The van der Waals surface area contributed by atoms with Crippen LogP contribution in [0.3, 0.4) is 0 Å². The van der Waals surface area contributed by atoms with E-state index < -0.39 is 0 Å². The molecule has 2 aromatic rings. The fraction of sp³-hybridized carbons (Fsp3) is 0.357. The second-order valence-electron chi connectivity index (χ2n) is 4.90. The van der Waals surface area contributed by atoms with Gasteiger partial charge in [-0.25, -0.2) is 4.98 Å². The van der Waals surface area contributed by atoms with Gasteiger partial charge in [0, 0.05) is 31.9 Å². The lowest BCUT2D eigenvalue weighted by molar-refractivity contribution is 0.0735. The van der Waals surface area contributed by atoms with Crippen LogP contribution in [0.15, 0.2) is 30.6 Å². The highest BCUT2D eigenvalue weighted by molar-refractivity contribution is 5.90. The van der Waals surface area contributed by atoms with E-state index >= 15 is 0 Å². The summed E-state index contributed by atoms with van der Waals surface area (Å²) in [7, 11) is 0. The van der Waals surface area contributed by atoms with Crippen molar-refractivity contribution < 1.29 is 4.79 Å². The van der Waals surface area contributed by atoms with E-state index in [1.165, 1.54) is 17.6 Å². The first-order valence-electron chi connectivity index (χ1n) is 6.71. The number of amides is 1. The summed E-state index contributed by atoms with van der Waals surface area (Å²) in [5.41, 5.74) is 2.52. The summed E-state index contributed by atoms with van der Waals surface area (Å²) in [6.45, 7) is 5.19. The van der Waals surface area contributed by atoms with Gasteiger partial charge in [0.15, 0.2) is 0 Å². The molecule has 3 rings (SSSR count). The number of hydrogen-bond acceptors (Lipinski definition) is 4. The molecule has 1 saturated heterocycles. The lowest BCUT2D eigenvalue weighted by Crippen LogP contribution is -2.49. The summed E-state index contributed by atoms with van der Waals surface area (Å²) in [4.78, 5) is 20.2. The fourth-order valence-corrected chi connectivity index (χ4v) is 2.53. The Hall–Kier alpha value is -2.37. The number of carbonyl (C=O) groups is 1. The molecule has 6 heteroatoms. The maximum atomic E-state index is 12.1. The first-order valence-corrected chi connectivity index (χ1v) is 6.71. The molecule has 0 unspecified atom stereocenters. The molecule has 1 aromatic heterocycles. The summed E-state index contributed by atoms with van der Waals surface area (Å²) in [5, 5.41) is 6.34. The Labute approximate surface area is 117 Å². The predicted molar refractivity (Wildman–Crippen MR) is 75.7 cm³/mol. The topological polar surface area (TPSA) is 65.1 Å². The van der Waals surface area contributed by atoms with E-state index in [-0.39, 0.29) is 5.91 Å². The number of piperazine rings is 1. The van der Waals surface area contributed by atoms with Gasteiger partial charge in [0.05, 0.1) is 0 Å². The molecule has 0 saturated carbocycles. The number of aromatic amines is 1. The Bertz CT molecular complexity index is 587. The molecule has 2 heterocycles. The van der Waals surface area contributed by atoms with Crippen LogP contribution in [0.4, 0.5) is 5.69 Å². The van der Waals surface area contributed by atoms with Gasteiger partial charge < -0.3 is 9.80 Å². The Morgan fingerprint density at radius 1 is 1.20 bits per heavy atom. The molecule has 104 valence electrons. The third kappa shape index (κ3) is 2.36. The van der Waals surface area contributed by atoms with E-state index in [1.807, 2.05) is 17.0 Å². The van der Waals surface area contributed by atoms with Crippen molar-refractivity contribution in [2.75, 3.05) is 31.1 Å². The third-order valence-electron chi connectivity index (χ3n) is 3.64. The minimum atomic E-state index is -0.0769. The lowest BCUT2D eigenvalue weighted by atomic mass is 10.1. The van der Waals surface area contributed by atoms with Gasteiger partial charge in [-0.3, -0.25) is 9.89 Å². The van der Waals surface area contributed by atoms with E-state index in [0.29, 0.717) is 18.9 Å². The van der Waals surface area contributed by atoms with Crippen LogP contribution in [0.2, 0.25) is 0 Å². The second kappa shape index (κ2) is 5.32. The van der Waals surface area contributed by atoms with Crippen molar-refractivity contribution in [3.8, 4) is 0 Å². The molecular weight excluding hydrogens is 254 g/mol. The maximum Gasteiger partial charge on any atom is 0.291 e. The van der Waals surface area contributed by atoms with Crippen LogP contribution in [0.5, 0.6) is 0 Å². The average molecular weight is 271 g/mol. The highest BCUT2D eigenvalue weighted by Gasteiger charge is 2.24. The smallest absolute Gasteiger partial charge is 0.291 e.